The van der Waals surface area contributed by atoms with Gasteiger partial charge in [-0.3, -0.25) is 14.6 Å². The first kappa shape index (κ1) is 27.8. The Bertz CT molecular complexity index is 1120. The average Bonchev–Trinajstić information content (AvgIpc) is 2.90. The SMILES string of the molecule is COC(=O)C(Cc1ccc(O)cc1)NC(=O)c1cccnc1.COC(=O)C(N)Cc1ccc(O)cc1. The highest BCUT2D eigenvalue weighted by Gasteiger charge is 2.22. The van der Waals surface area contributed by atoms with Crippen molar-refractivity contribution in [2.75, 3.05) is 14.2 Å². The first-order chi connectivity index (χ1) is 17.2. The molecule has 0 saturated carbocycles. The second-order valence-corrected chi connectivity index (χ2v) is 7.66. The van der Waals surface area contributed by atoms with Gasteiger partial charge >= 0.3 is 11.9 Å². The molecule has 0 saturated heterocycles. The van der Waals surface area contributed by atoms with E-state index >= 15 is 0 Å². The zero-order valence-electron chi connectivity index (χ0n) is 20.0. The molecule has 0 aliphatic rings. The summed E-state index contributed by atoms with van der Waals surface area (Å²) in [5.74, 6) is -1.04. The molecule has 5 N–H and O–H groups in total. The lowest BCUT2D eigenvalue weighted by Crippen LogP contribution is -2.43. The van der Waals surface area contributed by atoms with Crippen molar-refractivity contribution in [3.05, 3.63) is 89.7 Å². The molecule has 2 unspecified atom stereocenters. The van der Waals surface area contributed by atoms with Crippen molar-refractivity contribution in [2.45, 2.75) is 24.9 Å². The lowest BCUT2D eigenvalue weighted by atomic mass is 10.1. The van der Waals surface area contributed by atoms with Crippen LogP contribution in [0.4, 0.5) is 0 Å². The Morgan fingerprint density at radius 2 is 1.39 bits per heavy atom. The Morgan fingerprint density at radius 1 is 0.861 bits per heavy atom. The van der Waals surface area contributed by atoms with E-state index in [1.807, 2.05) is 0 Å². The number of carbonyl (C=O) groups is 3. The summed E-state index contributed by atoms with van der Waals surface area (Å²) in [6, 6.07) is 14.7. The van der Waals surface area contributed by atoms with E-state index in [1.54, 1.807) is 54.7 Å². The van der Waals surface area contributed by atoms with Gasteiger partial charge in [-0.05, 0) is 53.9 Å². The molecule has 10 nitrogen and oxygen atoms in total. The second kappa shape index (κ2) is 14.1. The Kier molecular flexibility index (Phi) is 10.9. The molecular formula is C26H29N3O7. The van der Waals surface area contributed by atoms with Gasteiger partial charge in [-0.2, -0.15) is 0 Å². The van der Waals surface area contributed by atoms with Gasteiger partial charge in [0.15, 0.2) is 0 Å². The van der Waals surface area contributed by atoms with Gasteiger partial charge in [-0.25, -0.2) is 4.79 Å². The summed E-state index contributed by atoms with van der Waals surface area (Å²) in [6.45, 7) is 0. The number of rotatable bonds is 8. The normalized spacial score (nSPS) is 11.8. The fraction of sp³-hybridized carbons (Fsp3) is 0.231. The summed E-state index contributed by atoms with van der Waals surface area (Å²) in [4.78, 5) is 38.8. The number of nitrogens with zero attached hydrogens (tertiary/aromatic N) is 1. The van der Waals surface area contributed by atoms with Gasteiger partial charge in [0.25, 0.3) is 5.91 Å². The molecule has 0 bridgehead atoms. The topological polar surface area (TPSA) is 161 Å². The number of phenols is 2. The third-order valence-electron chi connectivity index (χ3n) is 4.99. The zero-order valence-corrected chi connectivity index (χ0v) is 20.0. The van der Waals surface area contributed by atoms with Crippen LogP contribution in [0, 0.1) is 0 Å². The predicted molar refractivity (Wildman–Crippen MR) is 131 cm³/mol. The molecule has 1 amide bonds. The van der Waals surface area contributed by atoms with Crippen molar-refractivity contribution >= 4 is 17.8 Å². The largest absolute Gasteiger partial charge is 0.508 e. The summed E-state index contributed by atoms with van der Waals surface area (Å²) in [5.41, 5.74) is 7.60. The van der Waals surface area contributed by atoms with Crippen LogP contribution in [-0.2, 0) is 31.9 Å². The van der Waals surface area contributed by atoms with Crippen molar-refractivity contribution in [1.82, 2.24) is 10.3 Å². The minimum Gasteiger partial charge on any atom is -0.508 e. The molecule has 36 heavy (non-hydrogen) atoms. The molecule has 2 atom stereocenters. The van der Waals surface area contributed by atoms with Crippen molar-refractivity contribution in [1.29, 1.82) is 0 Å². The van der Waals surface area contributed by atoms with E-state index < -0.39 is 29.9 Å². The number of esters is 2. The molecule has 1 aromatic heterocycles. The van der Waals surface area contributed by atoms with Gasteiger partial charge in [0.1, 0.15) is 23.6 Å². The third-order valence-corrected chi connectivity index (χ3v) is 4.99. The van der Waals surface area contributed by atoms with E-state index in [9.17, 15) is 19.5 Å². The van der Waals surface area contributed by atoms with Crippen LogP contribution in [-0.4, -0.2) is 59.3 Å². The molecule has 0 fully saturated rings. The number of aromatic hydroxyl groups is 2. The van der Waals surface area contributed by atoms with Gasteiger partial charge in [-0.1, -0.05) is 24.3 Å². The Hall–Kier alpha value is -4.44. The number of methoxy groups -OCH3 is 2. The molecule has 0 spiro atoms. The second-order valence-electron chi connectivity index (χ2n) is 7.66. The first-order valence-electron chi connectivity index (χ1n) is 10.9. The van der Waals surface area contributed by atoms with Crippen LogP contribution in [0.3, 0.4) is 0 Å². The number of hydrogen-bond donors (Lipinski definition) is 4. The van der Waals surface area contributed by atoms with Gasteiger partial charge < -0.3 is 30.7 Å². The number of phenolic OH excluding ortho intramolecular Hbond substituents is 2. The number of nitrogens with one attached hydrogen (secondary N) is 1. The Balaban J connectivity index is 0.000000281. The minimum absolute atomic E-state index is 0.137. The summed E-state index contributed by atoms with van der Waals surface area (Å²) >= 11 is 0. The number of hydrogen-bond acceptors (Lipinski definition) is 9. The van der Waals surface area contributed by atoms with Gasteiger partial charge in [-0.15, -0.1) is 0 Å². The van der Waals surface area contributed by atoms with Gasteiger partial charge in [0, 0.05) is 18.8 Å². The smallest absolute Gasteiger partial charge is 0.328 e. The third kappa shape index (κ3) is 9.07. The molecule has 0 aliphatic carbocycles. The minimum atomic E-state index is -0.817. The standard InChI is InChI=1S/C16H16N2O4.C10H13NO3/c1-22-16(21)14(9-11-4-6-13(19)7-5-11)18-15(20)12-3-2-8-17-10-12;1-14-10(13)9(11)6-7-2-4-8(12)5-3-7/h2-8,10,14,19H,9H2,1H3,(H,18,20);2-5,9,12H,6,11H2,1H3. The maximum absolute atomic E-state index is 12.1. The van der Waals surface area contributed by atoms with Crippen LogP contribution in [0.25, 0.3) is 0 Å². The lowest BCUT2D eigenvalue weighted by Gasteiger charge is -2.16. The number of benzene rings is 2. The van der Waals surface area contributed by atoms with Crippen LogP contribution >= 0.6 is 0 Å². The number of carbonyl (C=O) groups excluding carboxylic acids is 3. The van der Waals surface area contributed by atoms with Crippen LogP contribution in [0.2, 0.25) is 0 Å². The van der Waals surface area contributed by atoms with Crippen molar-refractivity contribution in [3.8, 4) is 11.5 Å². The monoisotopic (exact) mass is 495 g/mol. The summed E-state index contributed by atoms with van der Waals surface area (Å²) in [7, 11) is 2.57. The molecule has 2 aromatic carbocycles. The molecule has 3 aromatic rings. The highest BCUT2D eigenvalue weighted by atomic mass is 16.5. The van der Waals surface area contributed by atoms with Gasteiger partial charge in [0.2, 0.25) is 0 Å². The van der Waals surface area contributed by atoms with Crippen LogP contribution < -0.4 is 11.1 Å². The molecular weight excluding hydrogens is 466 g/mol. The van der Waals surface area contributed by atoms with E-state index in [1.165, 1.54) is 32.5 Å². The summed E-state index contributed by atoms with van der Waals surface area (Å²) in [5, 5.41) is 20.9. The lowest BCUT2D eigenvalue weighted by molar-refractivity contribution is -0.143. The molecule has 10 heteroatoms. The average molecular weight is 496 g/mol. The Labute approximate surface area is 208 Å². The maximum atomic E-state index is 12.1. The van der Waals surface area contributed by atoms with Crippen LogP contribution in [0.5, 0.6) is 11.5 Å². The van der Waals surface area contributed by atoms with E-state index in [0.29, 0.717) is 12.0 Å². The van der Waals surface area contributed by atoms with Crippen LogP contribution in [0.1, 0.15) is 21.5 Å². The zero-order chi connectivity index (χ0) is 26.5. The summed E-state index contributed by atoms with van der Waals surface area (Å²) < 4.78 is 9.22. The number of ether oxygens (including phenoxy) is 2. The van der Waals surface area contributed by atoms with Gasteiger partial charge in [0.05, 0.1) is 19.8 Å². The fourth-order valence-corrected chi connectivity index (χ4v) is 3.06. The van der Waals surface area contributed by atoms with E-state index in [4.69, 9.17) is 15.6 Å². The number of pyridine rings is 1. The highest BCUT2D eigenvalue weighted by Crippen LogP contribution is 2.13. The predicted octanol–water partition coefficient (Wildman–Crippen LogP) is 1.74. The Morgan fingerprint density at radius 3 is 1.86 bits per heavy atom. The van der Waals surface area contributed by atoms with E-state index in [2.05, 4.69) is 15.0 Å². The first-order valence-corrected chi connectivity index (χ1v) is 10.9. The summed E-state index contributed by atoms with van der Waals surface area (Å²) in [6.07, 6.45) is 3.65. The fourth-order valence-electron chi connectivity index (χ4n) is 3.06. The van der Waals surface area contributed by atoms with Crippen molar-refractivity contribution in [2.24, 2.45) is 5.73 Å². The quantitative estimate of drug-likeness (QED) is 0.341. The van der Waals surface area contributed by atoms with E-state index in [-0.39, 0.29) is 17.9 Å². The van der Waals surface area contributed by atoms with E-state index in [0.717, 1.165) is 11.1 Å². The number of nitrogens with two attached hydrogens (primary N) is 1. The molecule has 0 radical (unpaired) electrons. The molecule has 1 heterocycles. The molecule has 0 aliphatic heterocycles. The van der Waals surface area contributed by atoms with Crippen LogP contribution in [0.15, 0.2) is 73.1 Å². The van der Waals surface area contributed by atoms with Crippen molar-refractivity contribution in [3.63, 3.8) is 0 Å². The number of amides is 1. The number of aromatic nitrogens is 1. The highest BCUT2D eigenvalue weighted by molar-refractivity contribution is 5.96. The van der Waals surface area contributed by atoms with Crippen molar-refractivity contribution < 1.29 is 34.1 Å². The molecule has 3 rings (SSSR count). The molecule has 190 valence electrons. The maximum Gasteiger partial charge on any atom is 0.328 e.